The first kappa shape index (κ1) is 14.7. The molecule has 9 heteroatoms. The minimum atomic E-state index is -0.458. The van der Waals surface area contributed by atoms with Gasteiger partial charge in [-0.3, -0.25) is 15.1 Å². The van der Waals surface area contributed by atoms with E-state index in [0.717, 1.165) is 0 Å². The van der Waals surface area contributed by atoms with Crippen molar-refractivity contribution in [2.75, 3.05) is 0 Å². The van der Waals surface area contributed by atoms with Gasteiger partial charge in [0.2, 0.25) is 10.6 Å². The Morgan fingerprint density at radius 2 is 2.17 bits per heavy atom. The Hall–Kier alpha value is -3.20. The molecule has 0 unspecified atom stereocenters. The topological polar surface area (TPSA) is 102 Å². The monoisotopic (exact) mass is 326 g/mol. The first-order valence-corrected chi connectivity index (χ1v) is 6.93. The van der Waals surface area contributed by atoms with Crippen molar-refractivity contribution >= 4 is 24.1 Å². The molecule has 3 aromatic rings. The van der Waals surface area contributed by atoms with E-state index in [2.05, 4.69) is 20.3 Å². The molecule has 0 spiro atoms. The minimum Gasteiger partial charge on any atom is -0.258 e. The Morgan fingerprint density at radius 3 is 2.91 bits per heavy atom. The number of hydrogen-bond acceptors (Lipinski definition) is 6. The van der Waals surface area contributed by atoms with Crippen molar-refractivity contribution in [3.05, 3.63) is 69.1 Å². The summed E-state index contributed by atoms with van der Waals surface area (Å²) in [6.45, 7) is 0. The maximum absolute atomic E-state index is 10.8. The maximum atomic E-state index is 10.8. The van der Waals surface area contributed by atoms with Crippen LogP contribution in [0.1, 0.15) is 5.56 Å². The molecule has 0 aliphatic rings. The van der Waals surface area contributed by atoms with Crippen molar-refractivity contribution in [1.29, 1.82) is 0 Å². The van der Waals surface area contributed by atoms with E-state index < -0.39 is 4.92 Å². The summed E-state index contributed by atoms with van der Waals surface area (Å²) in [5.74, 6) is 0.456. The van der Waals surface area contributed by atoms with Gasteiger partial charge in [0.1, 0.15) is 5.69 Å². The number of hydrogen-bond donors (Lipinski definition) is 1. The molecule has 0 atom stereocenters. The molecule has 2 aromatic heterocycles. The molecule has 0 fully saturated rings. The zero-order valence-electron chi connectivity index (χ0n) is 11.7. The van der Waals surface area contributed by atoms with Gasteiger partial charge in [0, 0.05) is 23.9 Å². The fourth-order valence-corrected chi connectivity index (χ4v) is 2.08. The molecule has 8 nitrogen and oxygen atoms in total. The Morgan fingerprint density at radius 1 is 1.30 bits per heavy atom. The summed E-state index contributed by atoms with van der Waals surface area (Å²) < 4.78 is 1.71. The lowest BCUT2D eigenvalue weighted by Crippen LogP contribution is -1.96. The highest BCUT2D eigenvalue weighted by molar-refractivity contribution is 7.71. The van der Waals surface area contributed by atoms with Crippen LogP contribution in [0.25, 0.3) is 11.5 Å². The van der Waals surface area contributed by atoms with Crippen LogP contribution in [0.5, 0.6) is 0 Å². The average molecular weight is 326 g/mol. The summed E-state index contributed by atoms with van der Waals surface area (Å²) in [7, 11) is 0. The first-order chi connectivity index (χ1) is 11.1. The number of rotatable bonds is 4. The Kier molecular flexibility index (Phi) is 4.02. The van der Waals surface area contributed by atoms with E-state index in [9.17, 15) is 10.1 Å². The molecule has 23 heavy (non-hydrogen) atoms. The molecule has 2 heterocycles. The number of H-pyrrole nitrogens is 1. The second-order valence-electron chi connectivity index (χ2n) is 4.48. The number of benzene rings is 1. The summed E-state index contributed by atoms with van der Waals surface area (Å²) in [6.07, 6.45) is 3.12. The third-order valence-electron chi connectivity index (χ3n) is 2.95. The largest absolute Gasteiger partial charge is 0.270 e. The van der Waals surface area contributed by atoms with Crippen molar-refractivity contribution < 1.29 is 4.92 Å². The smallest absolute Gasteiger partial charge is 0.258 e. The minimum absolute atomic E-state index is 0.00492. The molecule has 1 aromatic carbocycles. The number of non-ortho nitro benzene ring substituents is 1. The quantitative estimate of drug-likeness (QED) is 0.344. The molecule has 0 saturated carbocycles. The highest BCUT2D eigenvalue weighted by Gasteiger charge is 2.09. The summed E-state index contributed by atoms with van der Waals surface area (Å²) in [5, 5.41) is 21.8. The second kappa shape index (κ2) is 6.28. The highest BCUT2D eigenvalue weighted by atomic mass is 32.1. The van der Waals surface area contributed by atoms with Crippen LogP contribution in [0.15, 0.2) is 53.8 Å². The van der Waals surface area contributed by atoms with E-state index in [1.165, 1.54) is 23.0 Å². The lowest BCUT2D eigenvalue weighted by Gasteiger charge is -1.99. The van der Waals surface area contributed by atoms with Crippen molar-refractivity contribution in [3.63, 3.8) is 0 Å². The maximum Gasteiger partial charge on any atom is 0.270 e. The summed E-state index contributed by atoms with van der Waals surface area (Å²) in [4.78, 5) is 14.5. The van der Waals surface area contributed by atoms with Gasteiger partial charge in [-0.15, -0.1) is 0 Å². The fraction of sp³-hybridized carbons (Fsp3) is 0. The van der Waals surface area contributed by atoms with Crippen LogP contribution in [0, 0.1) is 14.9 Å². The van der Waals surface area contributed by atoms with Crippen LogP contribution in [0.2, 0.25) is 0 Å². The standard InChI is InChI=1S/C14H10N6O2S/c21-20(22)11-5-3-4-10(8-11)9-16-19-13(17-18-14(19)23)12-6-1-2-7-15-12/h1-9H,(H,18,23). The second-order valence-corrected chi connectivity index (χ2v) is 4.86. The van der Waals surface area contributed by atoms with E-state index >= 15 is 0 Å². The Labute approximate surface area is 135 Å². The Balaban J connectivity index is 1.98. The predicted molar refractivity (Wildman–Crippen MR) is 86.7 cm³/mol. The molecular formula is C14H10N6O2S. The van der Waals surface area contributed by atoms with Crippen molar-refractivity contribution in [3.8, 4) is 11.5 Å². The third kappa shape index (κ3) is 3.19. The molecule has 0 amide bonds. The SMILES string of the molecule is O=[N+]([O-])c1cccc(C=Nn2c(-c3ccccn3)n[nH]c2=S)c1. The highest BCUT2D eigenvalue weighted by Crippen LogP contribution is 2.15. The van der Waals surface area contributed by atoms with Gasteiger partial charge >= 0.3 is 0 Å². The molecule has 0 aliphatic carbocycles. The van der Waals surface area contributed by atoms with E-state index in [1.54, 1.807) is 30.5 Å². The number of pyridine rings is 1. The van der Waals surface area contributed by atoms with Gasteiger partial charge in [-0.1, -0.05) is 18.2 Å². The third-order valence-corrected chi connectivity index (χ3v) is 3.21. The lowest BCUT2D eigenvalue weighted by atomic mass is 10.2. The average Bonchev–Trinajstić information content (AvgIpc) is 2.95. The van der Waals surface area contributed by atoms with Crippen molar-refractivity contribution in [1.82, 2.24) is 19.9 Å². The normalized spacial score (nSPS) is 11.0. The van der Waals surface area contributed by atoms with Gasteiger partial charge in [0.15, 0.2) is 0 Å². The van der Waals surface area contributed by atoms with Gasteiger partial charge in [0.25, 0.3) is 5.69 Å². The van der Waals surface area contributed by atoms with Crippen LogP contribution in [0.3, 0.4) is 0 Å². The van der Waals surface area contributed by atoms with E-state index in [1.807, 2.05) is 6.07 Å². The summed E-state index contributed by atoms with van der Waals surface area (Å²) >= 11 is 5.15. The van der Waals surface area contributed by atoms with Gasteiger partial charge in [0.05, 0.1) is 11.1 Å². The Bertz CT molecular complexity index is 932. The van der Waals surface area contributed by atoms with E-state index in [0.29, 0.717) is 21.9 Å². The lowest BCUT2D eigenvalue weighted by molar-refractivity contribution is -0.384. The zero-order valence-corrected chi connectivity index (χ0v) is 12.5. The fourth-order valence-electron chi connectivity index (χ4n) is 1.90. The van der Waals surface area contributed by atoms with E-state index in [4.69, 9.17) is 12.2 Å². The molecule has 3 rings (SSSR count). The summed E-state index contributed by atoms with van der Waals surface area (Å²) in [5.41, 5.74) is 1.18. The predicted octanol–water partition coefficient (Wildman–Crippen LogP) is 2.79. The number of aromatic nitrogens is 4. The van der Waals surface area contributed by atoms with Gasteiger partial charge < -0.3 is 0 Å². The van der Waals surface area contributed by atoms with E-state index in [-0.39, 0.29) is 5.69 Å². The first-order valence-electron chi connectivity index (χ1n) is 6.53. The molecule has 0 radical (unpaired) electrons. The van der Waals surface area contributed by atoms with Crippen LogP contribution in [-0.2, 0) is 0 Å². The van der Waals surface area contributed by atoms with Crippen molar-refractivity contribution in [2.24, 2.45) is 5.10 Å². The number of nitro groups is 1. The molecule has 0 saturated heterocycles. The van der Waals surface area contributed by atoms with Gasteiger partial charge in [-0.2, -0.15) is 14.9 Å². The van der Waals surface area contributed by atoms with Crippen LogP contribution < -0.4 is 0 Å². The molecule has 0 bridgehead atoms. The van der Waals surface area contributed by atoms with Gasteiger partial charge in [-0.05, 0) is 24.4 Å². The molecule has 1 N–H and O–H groups in total. The van der Waals surface area contributed by atoms with Crippen LogP contribution in [-0.4, -0.2) is 31.0 Å². The number of nitrogens with one attached hydrogen (secondary N) is 1. The number of nitrogens with zero attached hydrogens (tertiary/aromatic N) is 5. The molecule has 114 valence electrons. The zero-order chi connectivity index (χ0) is 16.2. The summed E-state index contributed by atoms with van der Waals surface area (Å²) in [6, 6.07) is 11.5. The van der Waals surface area contributed by atoms with Crippen molar-refractivity contribution in [2.45, 2.75) is 0 Å². The molecule has 0 aliphatic heterocycles. The van der Waals surface area contributed by atoms with Crippen LogP contribution in [0.4, 0.5) is 5.69 Å². The number of aromatic amines is 1. The molecular weight excluding hydrogens is 316 g/mol. The van der Waals surface area contributed by atoms with Gasteiger partial charge in [-0.25, -0.2) is 5.10 Å². The number of nitro benzene ring substituents is 1. The van der Waals surface area contributed by atoms with Crippen LogP contribution >= 0.6 is 12.2 Å².